The van der Waals surface area contributed by atoms with Crippen LogP contribution in [0.25, 0.3) is 0 Å². The standard InChI is InChI=1S/C23H28N2O6S/c1-4-16(2)20-7-5-6-8-21(20)31-23(26)18-11-13-24(14-12-18)32(29,30)22-15-19(25(27)28)10-9-17(22)3/h5-10,15-16,18H,4,11-14H2,1-3H3. The van der Waals surface area contributed by atoms with Gasteiger partial charge in [0.05, 0.1) is 15.7 Å². The van der Waals surface area contributed by atoms with Gasteiger partial charge < -0.3 is 4.74 Å². The number of rotatable bonds is 7. The van der Waals surface area contributed by atoms with Gasteiger partial charge in [-0.25, -0.2) is 8.42 Å². The molecule has 0 aliphatic carbocycles. The van der Waals surface area contributed by atoms with Crippen molar-refractivity contribution in [3.8, 4) is 5.75 Å². The fourth-order valence-corrected chi connectivity index (χ4v) is 5.56. The highest BCUT2D eigenvalue weighted by Gasteiger charge is 2.34. The largest absolute Gasteiger partial charge is 0.426 e. The van der Waals surface area contributed by atoms with Gasteiger partial charge in [0.2, 0.25) is 10.0 Å². The zero-order valence-corrected chi connectivity index (χ0v) is 19.3. The second-order valence-corrected chi connectivity index (χ2v) is 10.1. The van der Waals surface area contributed by atoms with Gasteiger partial charge in [0.15, 0.2) is 0 Å². The Morgan fingerprint density at radius 2 is 1.88 bits per heavy atom. The number of hydrogen-bond acceptors (Lipinski definition) is 6. The summed E-state index contributed by atoms with van der Waals surface area (Å²) in [7, 11) is -3.90. The average molecular weight is 461 g/mol. The van der Waals surface area contributed by atoms with Crippen molar-refractivity contribution in [2.45, 2.75) is 50.8 Å². The number of nitro groups is 1. The number of esters is 1. The van der Waals surface area contributed by atoms with E-state index in [4.69, 9.17) is 4.74 Å². The molecule has 3 rings (SSSR count). The van der Waals surface area contributed by atoms with Crippen molar-refractivity contribution in [3.05, 3.63) is 63.7 Å². The predicted molar refractivity (Wildman–Crippen MR) is 120 cm³/mol. The Labute approximate surface area is 188 Å². The lowest BCUT2D eigenvalue weighted by atomic mass is 9.97. The lowest BCUT2D eigenvalue weighted by molar-refractivity contribution is -0.385. The summed E-state index contributed by atoms with van der Waals surface area (Å²) < 4.78 is 33.2. The highest BCUT2D eigenvalue weighted by molar-refractivity contribution is 7.89. The molecular weight excluding hydrogens is 432 g/mol. The fraction of sp³-hybridized carbons (Fsp3) is 0.435. The highest BCUT2D eigenvalue weighted by Crippen LogP contribution is 2.31. The van der Waals surface area contributed by atoms with Crippen molar-refractivity contribution < 1.29 is 22.9 Å². The maximum Gasteiger partial charge on any atom is 0.314 e. The van der Waals surface area contributed by atoms with Gasteiger partial charge in [0.25, 0.3) is 5.69 Å². The summed E-state index contributed by atoms with van der Waals surface area (Å²) in [5.74, 6) is 0.0419. The minimum absolute atomic E-state index is 0.0739. The third-order valence-electron chi connectivity index (χ3n) is 6.06. The molecule has 0 bridgehead atoms. The number of non-ortho nitro benzene ring substituents is 1. The van der Waals surface area contributed by atoms with Gasteiger partial charge in [0, 0.05) is 25.2 Å². The fourth-order valence-electron chi connectivity index (χ4n) is 3.84. The molecule has 1 saturated heterocycles. The molecule has 0 amide bonds. The van der Waals surface area contributed by atoms with Crippen LogP contribution < -0.4 is 4.74 Å². The van der Waals surface area contributed by atoms with E-state index in [2.05, 4.69) is 13.8 Å². The number of ether oxygens (including phenoxy) is 1. The molecule has 1 aliphatic rings. The van der Waals surface area contributed by atoms with E-state index in [1.807, 2.05) is 18.2 Å². The van der Waals surface area contributed by atoms with E-state index in [1.165, 1.54) is 16.4 Å². The Hall–Kier alpha value is -2.78. The second kappa shape index (κ2) is 9.79. The SMILES string of the molecule is CCC(C)c1ccccc1OC(=O)C1CCN(S(=O)(=O)c2cc([N+](=O)[O-])ccc2C)CC1. The van der Waals surface area contributed by atoms with E-state index < -0.39 is 20.9 Å². The molecule has 9 heteroatoms. The first-order chi connectivity index (χ1) is 15.1. The van der Waals surface area contributed by atoms with Crippen LogP contribution in [0.1, 0.15) is 50.2 Å². The normalized spacial score (nSPS) is 16.5. The minimum atomic E-state index is -3.90. The van der Waals surface area contributed by atoms with E-state index in [0.29, 0.717) is 24.2 Å². The van der Waals surface area contributed by atoms with Crippen molar-refractivity contribution in [2.75, 3.05) is 13.1 Å². The van der Waals surface area contributed by atoms with E-state index >= 15 is 0 Å². The first-order valence-electron chi connectivity index (χ1n) is 10.7. The van der Waals surface area contributed by atoms with Crippen LogP contribution in [0.2, 0.25) is 0 Å². The number of nitro benzene ring substituents is 1. The van der Waals surface area contributed by atoms with Crippen LogP contribution in [0.5, 0.6) is 5.75 Å². The van der Waals surface area contributed by atoms with Crippen molar-refractivity contribution in [2.24, 2.45) is 5.92 Å². The number of sulfonamides is 1. The van der Waals surface area contributed by atoms with Gasteiger partial charge in [0.1, 0.15) is 5.75 Å². The van der Waals surface area contributed by atoms with E-state index in [-0.39, 0.29) is 35.6 Å². The second-order valence-electron chi connectivity index (χ2n) is 8.15. The molecule has 32 heavy (non-hydrogen) atoms. The number of hydrogen-bond donors (Lipinski definition) is 0. The molecule has 0 aromatic heterocycles. The maximum absolute atomic E-state index is 13.1. The summed E-state index contributed by atoms with van der Waals surface area (Å²) in [6.45, 7) is 6.05. The Balaban J connectivity index is 1.70. The molecule has 1 heterocycles. The lowest BCUT2D eigenvalue weighted by Crippen LogP contribution is -2.41. The molecule has 1 aliphatic heterocycles. The zero-order valence-electron chi connectivity index (χ0n) is 18.5. The molecule has 1 atom stereocenters. The molecule has 1 fully saturated rings. The molecule has 2 aromatic rings. The van der Waals surface area contributed by atoms with Crippen LogP contribution in [0.4, 0.5) is 5.69 Å². The topological polar surface area (TPSA) is 107 Å². The van der Waals surface area contributed by atoms with Crippen LogP contribution in [0.3, 0.4) is 0 Å². The maximum atomic E-state index is 13.1. The van der Waals surface area contributed by atoms with Gasteiger partial charge in [-0.15, -0.1) is 0 Å². The van der Waals surface area contributed by atoms with Crippen molar-refractivity contribution in [1.29, 1.82) is 0 Å². The first-order valence-corrected chi connectivity index (χ1v) is 12.1. The van der Waals surface area contributed by atoms with E-state index in [0.717, 1.165) is 18.1 Å². The van der Waals surface area contributed by atoms with Gasteiger partial charge in [-0.1, -0.05) is 38.1 Å². The number of nitrogens with zero attached hydrogens (tertiary/aromatic N) is 2. The van der Waals surface area contributed by atoms with Crippen LogP contribution in [-0.2, 0) is 14.8 Å². The number of piperidine rings is 1. The predicted octanol–water partition coefficient (Wildman–Crippen LogP) is 4.42. The van der Waals surface area contributed by atoms with Crippen LogP contribution >= 0.6 is 0 Å². The van der Waals surface area contributed by atoms with Crippen LogP contribution in [-0.4, -0.2) is 36.7 Å². The number of benzene rings is 2. The van der Waals surface area contributed by atoms with Crippen LogP contribution in [0.15, 0.2) is 47.4 Å². The van der Waals surface area contributed by atoms with Crippen molar-refractivity contribution in [3.63, 3.8) is 0 Å². The van der Waals surface area contributed by atoms with Gasteiger partial charge in [-0.05, 0) is 49.3 Å². The summed E-state index contributed by atoms with van der Waals surface area (Å²) in [4.78, 5) is 23.1. The van der Waals surface area contributed by atoms with Crippen molar-refractivity contribution in [1.82, 2.24) is 4.31 Å². The number of para-hydroxylation sites is 1. The number of carbonyl (C=O) groups is 1. The molecular formula is C23H28N2O6S. The van der Waals surface area contributed by atoms with Crippen LogP contribution in [0, 0.1) is 23.0 Å². The third-order valence-corrected chi connectivity index (χ3v) is 8.10. The van der Waals surface area contributed by atoms with Crippen molar-refractivity contribution >= 4 is 21.7 Å². The van der Waals surface area contributed by atoms with Gasteiger partial charge in [-0.3, -0.25) is 14.9 Å². The Kier molecular flexibility index (Phi) is 7.30. The van der Waals surface area contributed by atoms with E-state index in [9.17, 15) is 23.3 Å². The summed E-state index contributed by atoms with van der Waals surface area (Å²) in [6.07, 6.45) is 1.58. The first kappa shape index (κ1) is 23.9. The summed E-state index contributed by atoms with van der Waals surface area (Å²) in [5, 5.41) is 11.1. The molecule has 0 radical (unpaired) electrons. The monoisotopic (exact) mass is 460 g/mol. The smallest absolute Gasteiger partial charge is 0.314 e. The lowest BCUT2D eigenvalue weighted by Gasteiger charge is -2.30. The van der Waals surface area contributed by atoms with Gasteiger partial charge >= 0.3 is 5.97 Å². The molecule has 2 aromatic carbocycles. The number of aryl methyl sites for hydroxylation is 1. The summed E-state index contributed by atoms with van der Waals surface area (Å²) in [6, 6.07) is 11.3. The highest BCUT2D eigenvalue weighted by atomic mass is 32.2. The summed E-state index contributed by atoms with van der Waals surface area (Å²) in [5.41, 5.74) is 1.15. The van der Waals surface area contributed by atoms with E-state index in [1.54, 1.807) is 13.0 Å². The Morgan fingerprint density at radius 3 is 2.50 bits per heavy atom. The van der Waals surface area contributed by atoms with Gasteiger partial charge in [-0.2, -0.15) is 4.31 Å². The number of carbonyl (C=O) groups excluding carboxylic acids is 1. The molecule has 0 N–H and O–H groups in total. The molecule has 0 saturated carbocycles. The molecule has 172 valence electrons. The summed E-state index contributed by atoms with van der Waals surface area (Å²) >= 11 is 0. The zero-order chi connectivity index (χ0) is 23.5. The Bertz CT molecular complexity index is 1110. The molecule has 0 spiro atoms. The quantitative estimate of drug-likeness (QED) is 0.262. The minimum Gasteiger partial charge on any atom is -0.426 e. The third kappa shape index (κ3) is 4.99. The molecule has 1 unspecified atom stereocenters. The Morgan fingerprint density at radius 1 is 1.22 bits per heavy atom. The average Bonchev–Trinajstić information content (AvgIpc) is 2.79. The molecule has 8 nitrogen and oxygen atoms in total.